The molecule has 0 saturated heterocycles. The molecule has 1 aromatic carbocycles. The number of carbonyl (C=O) groups excluding carboxylic acids is 2. The molecule has 2 amide bonds. The largest absolute Gasteiger partial charge is 0.355 e. The fourth-order valence-corrected chi connectivity index (χ4v) is 1.77. The van der Waals surface area contributed by atoms with Crippen molar-refractivity contribution < 1.29 is 9.59 Å². The maximum atomic E-state index is 11.9. The summed E-state index contributed by atoms with van der Waals surface area (Å²) in [6, 6.07) is 6.27. The average Bonchev–Trinajstić information content (AvgIpc) is 2.37. The van der Waals surface area contributed by atoms with Gasteiger partial charge in [0.25, 0.3) is 5.91 Å². The molecule has 104 valence electrons. The Kier molecular flexibility index (Phi) is 5.51. The first kappa shape index (κ1) is 15.2. The highest BCUT2D eigenvalue weighted by molar-refractivity contribution is 6.04. The standard InChI is InChI=1S/C14H21N3O2/c1-9(2)8-11(15)14(19)17-12-7-5-4-6-10(12)13(18)16-3/h4-7,9,11H,8,15H2,1-3H3,(H,16,18)(H,17,19). The van der Waals surface area contributed by atoms with Crippen LogP contribution in [-0.4, -0.2) is 24.9 Å². The number of hydrogen-bond donors (Lipinski definition) is 3. The van der Waals surface area contributed by atoms with Crippen LogP contribution in [0.25, 0.3) is 0 Å². The zero-order chi connectivity index (χ0) is 14.4. The summed E-state index contributed by atoms with van der Waals surface area (Å²) in [6.45, 7) is 4.01. The lowest BCUT2D eigenvalue weighted by atomic mass is 10.0. The third-order valence-electron chi connectivity index (χ3n) is 2.72. The molecule has 5 nitrogen and oxygen atoms in total. The molecule has 0 spiro atoms. The summed E-state index contributed by atoms with van der Waals surface area (Å²) < 4.78 is 0. The van der Waals surface area contributed by atoms with Crippen molar-refractivity contribution in [1.82, 2.24) is 5.32 Å². The lowest BCUT2D eigenvalue weighted by Gasteiger charge is -2.15. The van der Waals surface area contributed by atoms with Gasteiger partial charge in [0.2, 0.25) is 5.91 Å². The minimum Gasteiger partial charge on any atom is -0.355 e. The van der Waals surface area contributed by atoms with Crippen LogP contribution >= 0.6 is 0 Å². The van der Waals surface area contributed by atoms with Crippen LogP contribution in [-0.2, 0) is 4.79 Å². The van der Waals surface area contributed by atoms with Gasteiger partial charge in [0, 0.05) is 7.05 Å². The van der Waals surface area contributed by atoms with Crippen molar-refractivity contribution >= 4 is 17.5 Å². The first-order valence-electron chi connectivity index (χ1n) is 6.33. The van der Waals surface area contributed by atoms with Gasteiger partial charge in [-0.15, -0.1) is 0 Å². The summed E-state index contributed by atoms with van der Waals surface area (Å²) in [5.41, 5.74) is 6.72. The van der Waals surface area contributed by atoms with E-state index >= 15 is 0 Å². The topological polar surface area (TPSA) is 84.2 Å². The van der Waals surface area contributed by atoms with Crippen LogP contribution in [0.4, 0.5) is 5.69 Å². The average molecular weight is 263 g/mol. The summed E-state index contributed by atoms with van der Waals surface area (Å²) in [6.07, 6.45) is 0.605. The summed E-state index contributed by atoms with van der Waals surface area (Å²) in [5.74, 6) is -0.173. The van der Waals surface area contributed by atoms with Crippen LogP contribution in [0, 0.1) is 5.92 Å². The SMILES string of the molecule is CNC(=O)c1ccccc1NC(=O)C(N)CC(C)C. The van der Waals surface area contributed by atoms with Crippen molar-refractivity contribution in [2.24, 2.45) is 11.7 Å². The van der Waals surface area contributed by atoms with E-state index in [-0.39, 0.29) is 11.8 Å². The Labute approximate surface area is 113 Å². The zero-order valence-corrected chi connectivity index (χ0v) is 11.6. The number of carbonyl (C=O) groups is 2. The second kappa shape index (κ2) is 6.89. The van der Waals surface area contributed by atoms with Crippen molar-refractivity contribution in [1.29, 1.82) is 0 Å². The minimum atomic E-state index is -0.572. The zero-order valence-electron chi connectivity index (χ0n) is 11.6. The van der Waals surface area contributed by atoms with E-state index < -0.39 is 6.04 Å². The van der Waals surface area contributed by atoms with Gasteiger partial charge in [0.15, 0.2) is 0 Å². The third kappa shape index (κ3) is 4.37. The summed E-state index contributed by atoms with van der Waals surface area (Å²) >= 11 is 0. The maximum absolute atomic E-state index is 11.9. The molecule has 1 unspecified atom stereocenters. The number of hydrogen-bond acceptors (Lipinski definition) is 3. The molecule has 0 aliphatic rings. The lowest BCUT2D eigenvalue weighted by molar-refractivity contribution is -0.117. The van der Waals surface area contributed by atoms with Crippen LogP contribution in [0.15, 0.2) is 24.3 Å². The van der Waals surface area contributed by atoms with Crippen LogP contribution in [0.3, 0.4) is 0 Å². The Morgan fingerprint density at radius 3 is 2.47 bits per heavy atom. The van der Waals surface area contributed by atoms with E-state index in [2.05, 4.69) is 10.6 Å². The van der Waals surface area contributed by atoms with Crippen molar-refractivity contribution in [3.05, 3.63) is 29.8 Å². The van der Waals surface area contributed by atoms with Crippen LogP contribution in [0.1, 0.15) is 30.6 Å². The van der Waals surface area contributed by atoms with Gasteiger partial charge in [-0.25, -0.2) is 0 Å². The molecular weight excluding hydrogens is 242 g/mol. The Hall–Kier alpha value is -1.88. The molecule has 4 N–H and O–H groups in total. The predicted molar refractivity (Wildman–Crippen MR) is 75.9 cm³/mol. The fourth-order valence-electron chi connectivity index (χ4n) is 1.77. The molecule has 0 radical (unpaired) electrons. The van der Waals surface area contributed by atoms with Crippen LogP contribution < -0.4 is 16.4 Å². The van der Waals surface area contributed by atoms with Crippen molar-refractivity contribution in [3.63, 3.8) is 0 Å². The fraction of sp³-hybridized carbons (Fsp3) is 0.429. The highest BCUT2D eigenvalue weighted by Gasteiger charge is 2.17. The van der Waals surface area contributed by atoms with Crippen molar-refractivity contribution in [2.75, 3.05) is 12.4 Å². The Morgan fingerprint density at radius 2 is 1.89 bits per heavy atom. The van der Waals surface area contributed by atoms with Gasteiger partial charge in [0.1, 0.15) is 0 Å². The molecule has 0 heterocycles. The van der Waals surface area contributed by atoms with Crippen LogP contribution in [0.5, 0.6) is 0 Å². The summed E-state index contributed by atoms with van der Waals surface area (Å²) in [4.78, 5) is 23.6. The summed E-state index contributed by atoms with van der Waals surface area (Å²) in [7, 11) is 1.55. The van der Waals surface area contributed by atoms with Gasteiger partial charge >= 0.3 is 0 Å². The maximum Gasteiger partial charge on any atom is 0.253 e. The normalized spacial score (nSPS) is 12.1. The van der Waals surface area contributed by atoms with Gasteiger partial charge in [-0.05, 0) is 24.5 Å². The predicted octanol–water partition coefficient (Wildman–Crippen LogP) is 1.36. The highest BCUT2D eigenvalue weighted by Crippen LogP contribution is 2.15. The van der Waals surface area contributed by atoms with E-state index in [9.17, 15) is 9.59 Å². The first-order chi connectivity index (χ1) is 8.95. The molecule has 0 bridgehead atoms. The van der Waals surface area contributed by atoms with E-state index in [0.29, 0.717) is 23.6 Å². The Bertz CT molecular complexity index is 458. The molecule has 0 fully saturated rings. The van der Waals surface area contributed by atoms with Crippen molar-refractivity contribution in [2.45, 2.75) is 26.3 Å². The Balaban J connectivity index is 2.82. The van der Waals surface area contributed by atoms with Gasteiger partial charge in [-0.1, -0.05) is 26.0 Å². The number of para-hydroxylation sites is 1. The number of anilines is 1. The van der Waals surface area contributed by atoms with Gasteiger partial charge in [-0.3, -0.25) is 9.59 Å². The van der Waals surface area contributed by atoms with E-state index in [1.54, 1.807) is 31.3 Å². The first-order valence-corrected chi connectivity index (χ1v) is 6.33. The van der Waals surface area contributed by atoms with Gasteiger partial charge in [0.05, 0.1) is 17.3 Å². The molecule has 1 aromatic rings. The lowest BCUT2D eigenvalue weighted by Crippen LogP contribution is -2.37. The van der Waals surface area contributed by atoms with E-state index in [4.69, 9.17) is 5.73 Å². The van der Waals surface area contributed by atoms with E-state index in [0.717, 1.165) is 0 Å². The molecule has 0 aliphatic heterocycles. The molecule has 0 saturated carbocycles. The number of amides is 2. The number of nitrogens with one attached hydrogen (secondary N) is 2. The number of rotatable bonds is 5. The van der Waals surface area contributed by atoms with E-state index in [1.807, 2.05) is 13.8 Å². The monoisotopic (exact) mass is 263 g/mol. The minimum absolute atomic E-state index is 0.242. The van der Waals surface area contributed by atoms with E-state index in [1.165, 1.54) is 0 Å². The smallest absolute Gasteiger partial charge is 0.253 e. The highest BCUT2D eigenvalue weighted by atomic mass is 16.2. The molecular formula is C14H21N3O2. The van der Waals surface area contributed by atoms with Gasteiger partial charge < -0.3 is 16.4 Å². The van der Waals surface area contributed by atoms with Crippen molar-refractivity contribution in [3.8, 4) is 0 Å². The molecule has 1 atom stereocenters. The quantitative estimate of drug-likeness (QED) is 0.750. The van der Waals surface area contributed by atoms with Crippen LogP contribution in [0.2, 0.25) is 0 Å². The number of nitrogens with two attached hydrogens (primary N) is 1. The molecule has 19 heavy (non-hydrogen) atoms. The number of benzene rings is 1. The molecule has 5 heteroatoms. The molecule has 0 aliphatic carbocycles. The summed E-state index contributed by atoms with van der Waals surface area (Å²) in [5, 5.41) is 5.24. The van der Waals surface area contributed by atoms with Gasteiger partial charge in [-0.2, -0.15) is 0 Å². The third-order valence-corrected chi connectivity index (χ3v) is 2.72. The molecule has 0 aromatic heterocycles. The second-order valence-corrected chi connectivity index (χ2v) is 4.85. The second-order valence-electron chi connectivity index (χ2n) is 4.85. The molecule has 1 rings (SSSR count). The Morgan fingerprint density at radius 1 is 1.26 bits per heavy atom.